The summed E-state index contributed by atoms with van der Waals surface area (Å²) in [6, 6.07) is 6.77. The van der Waals surface area contributed by atoms with E-state index in [1.165, 1.54) is 6.07 Å². The van der Waals surface area contributed by atoms with E-state index in [1.807, 2.05) is 6.07 Å². The van der Waals surface area contributed by atoms with Crippen LogP contribution in [0.15, 0.2) is 24.3 Å². The van der Waals surface area contributed by atoms with Crippen LogP contribution >= 0.6 is 0 Å². The summed E-state index contributed by atoms with van der Waals surface area (Å²) in [5.41, 5.74) is 1.04. The third-order valence-corrected chi connectivity index (χ3v) is 2.78. The molecule has 1 aromatic rings. The minimum absolute atomic E-state index is 0.167. The minimum Gasteiger partial charge on any atom is -0.396 e. The molecule has 3 heteroatoms. The van der Waals surface area contributed by atoms with E-state index in [-0.39, 0.29) is 12.4 Å². The Morgan fingerprint density at radius 3 is 2.71 bits per heavy atom. The standard InChI is InChI=1S/C14H22FNO/c1-2-8-16(9-4-11-17)10-7-13-5-3-6-14(15)12-13/h3,5-6,12,17H,2,4,7-11H2,1H3. The molecule has 0 atom stereocenters. The quantitative estimate of drug-likeness (QED) is 0.753. The number of hydrogen-bond acceptors (Lipinski definition) is 2. The topological polar surface area (TPSA) is 23.5 Å². The molecule has 0 amide bonds. The van der Waals surface area contributed by atoms with Crippen LogP contribution in [0.2, 0.25) is 0 Å². The highest BCUT2D eigenvalue weighted by Gasteiger charge is 2.04. The zero-order chi connectivity index (χ0) is 12.5. The van der Waals surface area contributed by atoms with Crippen molar-refractivity contribution in [2.45, 2.75) is 26.2 Å². The van der Waals surface area contributed by atoms with Gasteiger partial charge < -0.3 is 10.0 Å². The number of benzene rings is 1. The molecular formula is C14H22FNO. The van der Waals surface area contributed by atoms with Crippen molar-refractivity contribution in [3.63, 3.8) is 0 Å². The molecule has 2 nitrogen and oxygen atoms in total. The number of aliphatic hydroxyl groups excluding tert-OH is 1. The smallest absolute Gasteiger partial charge is 0.123 e. The van der Waals surface area contributed by atoms with Crippen molar-refractivity contribution in [1.82, 2.24) is 4.90 Å². The lowest BCUT2D eigenvalue weighted by Crippen LogP contribution is -2.28. The Labute approximate surface area is 103 Å². The Morgan fingerprint density at radius 1 is 1.24 bits per heavy atom. The molecule has 1 rings (SSSR count). The van der Waals surface area contributed by atoms with Crippen molar-refractivity contribution in [1.29, 1.82) is 0 Å². The molecule has 0 aromatic heterocycles. The second kappa shape index (κ2) is 8.20. The van der Waals surface area contributed by atoms with Gasteiger partial charge in [-0.3, -0.25) is 0 Å². The minimum atomic E-state index is -0.167. The van der Waals surface area contributed by atoms with E-state index in [9.17, 15) is 4.39 Å². The molecule has 96 valence electrons. The maximum Gasteiger partial charge on any atom is 0.123 e. The molecule has 17 heavy (non-hydrogen) atoms. The van der Waals surface area contributed by atoms with Gasteiger partial charge in [0.05, 0.1) is 0 Å². The van der Waals surface area contributed by atoms with E-state index in [1.54, 1.807) is 12.1 Å². The molecule has 0 radical (unpaired) electrons. The highest BCUT2D eigenvalue weighted by Crippen LogP contribution is 2.06. The van der Waals surface area contributed by atoms with Crippen molar-refractivity contribution in [2.75, 3.05) is 26.2 Å². The van der Waals surface area contributed by atoms with Crippen molar-refractivity contribution in [3.8, 4) is 0 Å². The predicted molar refractivity (Wildman–Crippen MR) is 68.5 cm³/mol. The largest absolute Gasteiger partial charge is 0.396 e. The van der Waals surface area contributed by atoms with Gasteiger partial charge in [0.1, 0.15) is 5.82 Å². The zero-order valence-electron chi connectivity index (χ0n) is 10.5. The summed E-state index contributed by atoms with van der Waals surface area (Å²) in [6.45, 7) is 5.26. The number of hydrogen-bond donors (Lipinski definition) is 1. The van der Waals surface area contributed by atoms with Crippen LogP contribution in [-0.2, 0) is 6.42 Å². The monoisotopic (exact) mass is 239 g/mol. The first-order chi connectivity index (χ1) is 8.26. The molecule has 0 heterocycles. The summed E-state index contributed by atoms with van der Waals surface area (Å²) in [7, 11) is 0. The molecule has 0 aliphatic carbocycles. The lowest BCUT2D eigenvalue weighted by atomic mass is 10.1. The van der Waals surface area contributed by atoms with Gasteiger partial charge in [0.2, 0.25) is 0 Å². The van der Waals surface area contributed by atoms with E-state index in [0.29, 0.717) is 0 Å². The molecule has 0 saturated heterocycles. The SMILES string of the molecule is CCCN(CCCO)CCc1cccc(F)c1. The van der Waals surface area contributed by atoms with Crippen molar-refractivity contribution in [3.05, 3.63) is 35.6 Å². The fraction of sp³-hybridized carbons (Fsp3) is 0.571. The second-order valence-electron chi connectivity index (χ2n) is 4.30. The number of halogens is 1. The van der Waals surface area contributed by atoms with E-state index < -0.39 is 0 Å². The zero-order valence-corrected chi connectivity index (χ0v) is 10.5. The van der Waals surface area contributed by atoms with Crippen LogP contribution in [0.25, 0.3) is 0 Å². The third kappa shape index (κ3) is 5.80. The summed E-state index contributed by atoms with van der Waals surface area (Å²) in [5, 5.41) is 8.83. The first-order valence-corrected chi connectivity index (χ1v) is 6.34. The average molecular weight is 239 g/mol. The molecule has 0 unspecified atom stereocenters. The summed E-state index contributed by atoms with van der Waals surface area (Å²) in [6.07, 6.45) is 2.78. The first kappa shape index (κ1) is 14.1. The van der Waals surface area contributed by atoms with Crippen molar-refractivity contribution < 1.29 is 9.50 Å². The average Bonchev–Trinajstić information content (AvgIpc) is 2.33. The molecule has 0 saturated carbocycles. The molecular weight excluding hydrogens is 217 g/mol. The van der Waals surface area contributed by atoms with Crippen LogP contribution in [0.5, 0.6) is 0 Å². The Morgan fingerprint density at radius 2 is 2.06 bits per heavy atom. The molecule has 0 spiro atoms. The van der Waals surface area contributed by atoms with Gasteiger partial charge in [-0.25, -0.2) is 4.39 Å². The van der Waals surface area contributed by atoms with Crippen LogP contribution in [0.3, 0.4) is 0 Å². The fourth-order valence-electron chi connectivity index (χ4n) is 1.93. The lowest BCUT2D eigenvalue weighted by Gasteiger charge is -2.21. The molecule has 0 fully saturated rings. The van der Waals surface area contributed by atoms with Crippen LogP contribution in [0, 0.1) is 5.82 Å². The summed E-state index contributed by atoms with van der Waals surface area (Å²) < 4.78 is 13.0. The maximum atomic E-state index is 13.0. The van der Waals surface area contributed by atoms with E-state index in [2.05, 4.69) is 11.8 Å². The molecule has 1 N–H and O–H groups in total. The molecule has 0 aliphatic heterocycles. The summed E-state index contributed by atoms with van der Waals surface area (Å²) >= 11 is 0. The molecule has 0 aliphatic rings. The Balaban J connectivity index is 2.39. The van der Waals surface area contributed by atoms with E-state index in [4.69, 9.17) is 5.11 Å². The second-order valence-corrected chi connectivity index (χ2v) is 4.30. The lowest BCUT2D eigenvalue weighted by molar-refractivity contribution is 0.225. The van der Waals surface area contributed by atoms with E-state index in [0.717, 1.165) is 44.5 Å². The predicted octanol–water partition coefficient (Wildman–Crippen LogP) is 2.46. The highest BCUT2D eigenvalue weighted by atomic mass is 19.1. The number of aliphatic hydroxyl groups is 1. The van der Waals surface area contributed by atoms with Gasteiger partial charge in [0, 0.05) is 19.7 Å². The van der Waals surface area contributed by atoms with Crippen LogP contribution in [0.1, 0.15) is 25.3 Å². The Hall–Kier alpha value is -0.930. The van der Waals surface area contributed by atoms with Crippen LogP contribution in [-0.4, -0.2) is 36.2 Å². The van der Waals surface area contributed by atoms with Gasteiger partial charge in [-0.05, 0) is 43.5 Å². The van der Waals surface area contributed by atoms with Gasteiger partial charge in [-0.1, -0.05) is 19.1 Å². The van der Waals surface area contributed by atoms with Gasteiger partial charge in [-0.15, -0.1) is 0 Å². The van der Waals surface area contributed by atoms with Crippen LogP contribution in [0.4, 0.5) is 4.39 Å². The van der Waals surface area contributed by atoms with Gasteiger partial charge in [-0.2, -0.15) is 0 Å². The normalized spacial score (nSPS) is 11.1. The van der Waals surface area contributed by atoms with Gasteiger partial charge >= 0.3 is 0 Å². The third-order valence-electron chi connectivity index (χ3n) is 2.78. The number of rotatable bonds is 8. The molecule has 0 bridgehead atoms. The van der Waals surface area contributed by atoms with Crippen molar-refractivity contribution >= 4 is 0 Å². The first-order valence-electron chi connectivity index (χ1n) is 6.34. The number of nitrogens with zero attached hydrogens (tertiary/aromatic N) is 1. The summed E-state index contributed by atoms with van der Waals surface area (Å²) in [5.74, 6) is -0.167. The van der Waals surface area contributed by atoms with E-state index >= 15 is 0 Å². The molecule has 1 aromatic carbocycles. The van der Waals surface area contributed by atoms with Gasteiger partial charge in [0.25, 0.3) is 0 Å². The highest BCUT2D eigenvalue weighted by molar-refractivity contribution is 5.16. The maximum absolute atomic E-state index is 13.0. The fourth-order valence-corrected chi connectivity index (χ4v) is 1.93. The van der Waals surface area contributed by atoms with Gasteiger partial charge in [0.15, 0.2) is 0 Å². The Bertz CT molecular complexity index is 317. The van der Waals surface area contributed by atoms with Crippen LogP contribution < -0.4 is 0 Å². The Kier molecular flexibility index (Phi) is 6.82. The van der Waals surface area contributed by atoms with Crippen molar-refractivity contribution in [2.24, 2.45) is 0 Å². The summed E-state index contributed by atoms with van der Waals surface area (Å²) in [4.78, 5) is 2.32.